The van der Waals surface area contributed by atoms with E-state index in [9.17, 15) is 18.0 Å². The molecule has 1 fully saturated rings. The Kier molecular flexibility index (Phi) is 6.02. The Labute approximate surface area is 165 Å². The lowest BCUT2D eigenvalue weighted by Gasteiger charge is -2.35. The van der Waals surface area contributed by atoms with E-state index in [0.29, 0.717) is 18.5 Å². The van der Waals surface area contributed by atoms with Gasteiger partial charge in [-0.3, -0.25) is 4.79 Å². The van der Waals surface area contributed by atoms with Crippen LogP contribution in [0.2, 0.25) is 0 Å². The summed E-state index contributed by atoms with van der Waals surface area (Å²) in [5.74, 6) is -0.610. The molecule has 9 heteroatoms. The number of esters is 1. The maximum atomic E-state index is 12.7. The number of fused-ring (bicyclic) bond motifs is 1. The van der Waals surface area contributed by atoms with Gasteiger partial charge >= 0.3 is 5.97 Å². The summed E-state index contributed by atoms with van der Waals surface area (Å²) in [6.07, 6.45) is 2.94. The average Bonchev–Trinajstić information content (AvgIpc) is 2.97. The van der Waals surface area contributed by atoms with Crippen LogP contribution in [0.25, 0.3) is 0 Å². The molecule has 28 heavy (non-hydrogen) atoms. The first-order chi connectivity index (χ1) is 13.3. The minimum Gasteiger partial charge on any atom is -0.454 e. The molecule has 1 aromatic carbocycles. The van der Waals surface area contributed by atoms with Crippen LogP contribution in [-0.4, -0.2) is 56.3 Å². The van der Waals surface area contributed by atoms with Crippen LogP contribution in [0.5, 0.6) is 0 Å². The van der Waals surface area contributed by atoms with Crippen LogP contribution < -0.4 is 5.32 Å². The van der Waals surface area contributed by atoms with Crippen LogP contribution in [0.15, 0.2) is 33.6 Å². The number of carbonyl (C=O) groups excluding carboxylic acids is 2. The van der Waals surface area contributed by atoms with Crippen molar-refractivity contribution in [3.63, 3.8) is 0 Å². The van der Waals surface area contributed by atoms with Crippen molar-refractivity contribution < 1.29 is 22.7 Å². The number of hydrogen-bond donors (Lipinski definition) is 1. The summed E-state index contributed by atoms with van der Waals surface area (Å²) in [7, 11) is -3.77. The second kappa shape index (κ2) is 8.30. The number of likely N-dealkylation sites (tertiary alicyclic amines) is 1. The van der Waals surface area contributed by atoms with E-state index in [-0.39, 0.29) is 29.3 Å². The van der Waals surface area contributed by atoms with Crippen LogP contribution in [-0.2, 0) is 24.3 Å². The van der Waals surface area contributed by atoms with Crippen molar-refractivity contribution >= 4 is 27.7 Å². The Balaban J connectivity index is 1.75. The van der Waals surface area contributed by atoms with Crippen molar-refractivity contribution in [2.24, 2.45) is 4.40 Å². The molecule has 1 saturated heterocycles. The fourth-order valence-electron chi connectivity index (χ4n) is 3.38. The number of nitrogens with one attached hydrogen (secondary N) is 1. The number of carbonyl (C=O) groups is 2. The zero-order chi connectivity index (χ0) is 20.3. The normalized spacial score (nSPS) is 21.4. The van der Waals surface area contributed by atoms with Gasteiger partial charge in [-0.2, -0.15) is 8.42 Å². The summed E-state index contributed by atoms with van der Waals surface area (Å²) < 4.78 is 33.8. The van der Waals surface area contributed by atoms with Gasteiger partial charge in [-0.1, -0.05) is 19.1 Å². The fraction of sp³-hybridized carbons (Fsp3) is 0.526. The quantitative estimate of drug-likeness (QED) is 0.741. The highest BCUT2D eigenvalue weighted by Gasteiger charge is 2.38. The van der Waals surface area contributed by atoms with E-state index in [1.807, 2.05) is 13.8 Å². The van der Waals surface area contributed by atoms with Crippen LogP contribution >= 0.6 is 0 Å². The number of hydrogen-bond acceptors (Lipinski definition) is 6. The number of amides is 1. The minimum atomic E-state index is -3.77. The first kappa shape index (κ1) is 20.3. The topological polar surface area (TPSA) is 105 Å². The number of piperidine rings is 1. The molecule has 0 aromatic heterocycles. The Bertz CT molecular complexity index is 897. The van der Waals surface area contributed by atoms with Gasteiger partial charge in [0.15, 0.2) is 12.4 Å². The number of rotatable bonds is 5. The molecule has 0 unspecified atom stereocenters. The Morgan fingerprint density at radius 1 is 1.32 bits per heavy atom. The molecule has 0 saturated carbocycles. The lowest BCUT2D eigenvalue weighted by atomic mass is 10.0. The first-order valence-corrected chi connectivity index (χ1v) is 10.9. The monoisotopic (exact) mass is 407 g/mol. The molecule has 0 spiro atoms. The van der Waals surface area contributed by atoms with Crippen LogP contribution in [0.3, 0.4) is 0 Å². The number of amidine groups is 1. The number of nitrogens with zero attached hydrogens (tertiary/aromatic N) is 2. The van der Waals surface area contributed by atoms with E-state index in [4.69, 9.17) is 4.74 Å². The molecule has 2 heterocycles. The van der Waals surface area contributed by atoms with Crippen LogP contribution in [0.4, 0.5) is 0 Å². The summed E-state index contributed by atoms with van der Waals surface area (Å²) in [4.78, 5) is 26.4. The first-order valence-electron chi connectivity index (χ1n) is 9.50. The summed E-state index contributed by atoms with van der Waals surface area (Å²) in [6, 6.07) is 5.93. The molecule has 8 nitrogen and oxygen atoms in total. The molecule has 152 valence electrons. The van der Waals surface area contributed by atoms with Gasteiger partial charge in [0, 0.05) is 18.2 Å². The van der Waals surface area contributed by atoms with Gasteiger partial charge in [-0.15, -0.1) is 4.40 Å². The third-order valence-corrected chi connectivity index (χ3v) is 6.35. The third kappa shape index (κ3) is 4.19. The van der Waals surface area contributed by atoms with E-state index in [2.05, 4.69) is 9.71 Å². The molecule has 3 rings (SSSR count). The maximum absolute atomic E-state index is 12.7. The van der Waals surface area contributed by atoms with Gasteiger partial charge in [-0.25, -0.2) is 4.79 Å². The van der Waals surface area contributed by atoms with E-state index >= 15 is 0 Å². The fourth-order valence-corrected chi connectivity index (χ4v) is 4.59. The van der Waals surface area contributed by atoms with Gasteiger partial charge < -0.3 is 15.0 Å². The molecular weight excluding hydrogens is 382 g/mol. The maximum Gasteiger partial charge on any atom is 0.329 e. The van der Waals surface area contributed by atoms with Crippen molar-refractivity contribution in [1.29, 1.82) is 0 Å². The highest BCUT2D eigenvalue weighted by Crippen LogP contribution is 2.30. The number of benzene rings is 1. The Morgan fingerprint density at radius 3 is 2.82 bits per heavy atom. The van der Waals surface area contributed by atoms with Gasteiger partial charge in [0.1, 0.15) is 10.9 Å². The lowest BCUT2D eigenvalue weighted by molar-refractivity contribution is -0.153. The van der Waals surface area contributed by atoms with Crippen molar-refractivity contribution in [2.75, 3.05) is 13.2 Å². The van der Waals surface area contributed by atoms with E-state index in [1.54, 1.807) is 23.1 Å². The second-order valence-corrected chi connectivity index (χ2v) is 8.65. The molecule has 2 atom stereocenters. The van der Waals surface area contributed by atoms with Gasteiger partial charge in [0.2, 0.25) is 0 Å². The van der Waals surface area contributed by atoms with Gasteiger partial charge in [0.05, 0.1) is 0 Å². The Morgan fingerprint density at radius 2 is 2.07 bits per heavy atom. The van der Waals surface area contributed by atoms with Gasteiger partial charge in [0.25, 0.3) is 15.9 Å². The summed E-state index contributed by atoms with van der Waals surface area (Å²) in [5.41, 5.74) is 0.497. The summed E-state index contributed by atoms with van der Waals surface area (Å²) in [5, 5.41) is 2.75. The molecule has 2 aliphatic rings. The number of ether oxygens (including phenoxy) is 1. The Hall–Kier alpha value is -2.42. The predicted octanol–water partition coefficient (Wildman–Crippen LogP) is 1.45. The van der Waals surface area contributed by atoms with E-state index in [1.165, 1.54) is 6.07 Å². The molecule has 1 aromatic rings. The SMILES string of the molecule is CC[C@@H](C)NC(=O)COC(=O)[C@@H]1CCCCN1C1=NS(=O)(=O)c2ccccc21. The molecule has 0 aliphatic carbocycles. The lowest BCUT2D eigenvalue weighted by Crippen LogP contribution is -2.49. The highest BCUT2D eigenvalue weighted by molar-refractivity contribution is 7.90. The zero-order valence-corrected chi connectivity index (χ0v) is 16.9. The van der Waals surface area contributed by atoms with Gasteiger partial charge in [-0.05, 0) is 44.7 Å². The van der Waals surface area contributed by atoms with E-state index < -0.39 is 22.0 Å². The van der Waals surface area contributed by atoms with Crippen molar-refractivity contribution in [3.05, 3.63) is 29.8 Å². The zero-order valence-electron chi connectivity index (χ0n) is 16.1. The molecule has 1 N–H and O–H groups in total. The standard InChI is InChI=1S/C19H25N3O5S/c1-3-13(2)20-17(23)12-27-19(24)15-9-6-7-11-22(15)18-14-8-4-5-10-16(14)28(25,26)21-18/h4-5,8,10,13,15H,3,6-7,9,11-12H2,1-2H3,(H,20,23)/t13-,15+/m1/s1. The van der Waals surface area contributed by atoms with Crippen molar-refractivity contribution in [3.8, 4) is 0 Å². The van der Waals surface area contributed by atoms with Crippen molar-refractivity contribution in [1.82, 2.24) is 10.2 Å². The molecular formula is C19H25N3O5S. The minimum absolute atomic E-state index is 0.00642. The molecule has 2 aliphatic heterocycles. The smallest absolute Gasteiger partial charge is 0.329 e. The van der Waals surface area contributed by atoms with Crippen molar-refractivity contribution in [2.45, 2.75) is 56.5 Å². The van der Waals surface area contributed by atoms with E-state index in [0.717, 1.165) is 19.3 Å². The largest absolute Gasteiger partial charge is 0.454 e. The molecule has 0 bridgehead atoms. The predicted molar refractivity (Wildman–Crippen MR) is 103 cm³/mol. The highest BCUT2D eigenvalue weighted by atomic mass is 32.2. The third-order valence-electron chi connectivity index (χ3n) is 5.02. The second-order valence-electron chi connectivity index (χ2n) is 7.08. The molecule has 0 radical (unpaired) electrons. The average molecular weight is 407 g/mol. The summed E-state index contributed by atoms with van der Waals surface area (Å²) in [6.45, 7) is 3.97. The molecule has 1 amide bonds. The summed E-state index contributed by atoms with van der Waals surface area (Å²) >= 11 is 0. The number of sulfonamides is 1. The van der Waals surface area contributed by atoms with Crippen LogP contribution in [0, 0.1) is 0 Å². The van der Waals surface area contributed by atoms with Crippen LogP contribution in [0.1, 0.15) is 45.1 Å².